The second kappa shape index (κ2) is 8.53. The van der Waals surface area contributed by atoms with E-state index >= 15 is 0 Å². The van der Waals surface area contributed by atoms with E-state index in [1.807, 2.05) is 18.2 Å². The van der Waals surface area contributed by atoms with Crippen molar-refractivity contribution in [2.24, 2.45) is 0 Å². The molecule has 7 heteroatoms. The van der Waals surface area contributed by atoms with Gasteiger partial charge in [0, 0.05) is 25.1 Å². The Labute approximate surface area is 169 Å². The van der Waals surface area contributed by atoms with Crippen molar-refractivity contribution in [2.45, 2.75) is 25.4 Å². The van der Waals surface area contributed by atoms with Gasteiger partial charge >= 0.3 is 0 Å². The lowest BCUT2D eigenvalue weighted by Crippen LogP contribution is -2.31. The average molecular weight is 396 g/mol. The Hall–Kier alpha value is -3.06. The van der Waals surface area contributed by atoms with Gasteiger partial charge in [-0.05, 0) is 48.7 Å². The number of carbonyl (C=O) groups excluding carboxylic acids is 1. The number of nitrogens with one attached hydrogen (secondary N) is 1. The fraction of sp³-hybridized carbons (Fsp3) is 0.364. The molecule has 152 valence electrons. The number of rotatable bonds is 7. The van der Waals surface area contributed by atoms with Crippen molar-refractivity contribution < 1.29 is 23.4 Å². The highest BCUT2D eigenvalue weighted by molar-refractivity contribution is 5.97. The molecule has 0 spiro atoms. The number of benzene rings is 2. The van der Waals surface area contributed by atoms with Crippen LogP contribution in [0.2, 0.25) is 0 Å². The molecule has 1 aliphatic heterocycles. The van der Waals surface area contributed by atoms with Crippen LogP contribution in [0.3, 0.4) is 0 Å². The van der Waals surface area contributed by atoms with E-state index in [0.717, 1.165) is 30.5 Å². The summed E-state index contributed by atoms with van der Waals surface area (Å²) in [4.78, 5) is 16.9. The van der Waals surface area contributed by atoms with Crippen LogP contribution in [-0.2, 0) is 11.2 Å². The van der Waals surface area contributed by atoms with Gasteiger partial charge in [-0.15, -0.1) is 0 Å². The highest BCUT2D eigenvalue weighted by Gasteiger charge is 2.17. The maximum absolute atomic E-state index is 12.4. The molecule has 2 heterocycles. The van der Waals surface area contributed by atoms with E-state index in [-0.39, 0.29) is 12.0 Å². The summed E-state index contributed by atoms with van der Waals surface area (Å²) in [6.45, 7) is 1.30. The number of aromatic nitrogens is 1. The molecule has 3 aromatic rings. The highest BCUT2D eigenvalue weighted by atomic mass is 16.5. The number of nitrogens with zero attached hydrogens (tertiary/aromatic N) is 1. The molecule has 1 atom stereocenters. The average Bonchev–Trinajstić information content (AvgIpc) is 3.40. The molecule has 1 unspecified atom stereocenters. The number of amides is 1. The maximum atomic E-state index is 12.4. The van der Waals surface area contributed by atoms with E-state index in [4.69, 9.17) is 18.6 Å². The first-order valence-corrected chi connectivity index (χ1v) is 9.66. The molecule has 29 heavy (non-hydrogen) atoms. The number of methoxy groups -OCH3 is 2. The minimum atomic E-state index is -0.139. The van der Waals surface area contributed by atoms with E-state index in [1.165, 1.54) is 0 Å². The van der Waals surface area contributed by atoms with Gasteiger partial charge in [-0.2, -0.15) is 0 Å². The largest absolute Gasteiger partial charge is 0.493 e. The summed E-state index contributed by atoms with van der Waals surface area (Å²) in [6, 6.07) is 11.0. The first-order chi connectivity index (χ1) is 14.2. The van der Waals surface area contributed by atoms with Gasteiger partial charge in [0.05, 0.1) is 20.3 Å². The van der Waals surface area contributed by atoms with E-state index in [0.29, 0.717) is 41.5 Å². The Balaban J connectivity index is 1.47. The van der Waals surface area contributed by atoms with Crippen LogP contribution in [0, 0.1) is 0 Å². The first kappa shape index (κ1) is 19.3. The molecule has 7 nitrogen and oxygen atoms in total. The van der Waals surface area contributed by atoms with E-state index in [2.05, 4.69) is 10.3 Å². The molecule has 1 N–H and O–H groups in total. The lowest BCUT2D eigenvalue weighted by atomic mass is 10.1. The van der Waals surface area contributed by atoms with Crippen molar-refractivity contribution in [1.29, 1.82) is 0 Å². The molecule has 1 saturated heterocycles. The Morgan fingerprint density at radius 3 is 2.79 bits per heavy atom. The summed E-state index contributed by atoms with van der Waals surface area (Å²) in [6.07, 6.45) is 2.66. The Morgan fingerprint density at radius 1 is 1.17 bits per heavy atom. The standard InChI is InChI=1S/C22H24N2O5/c1-26-18-8-5-14(10-20(18)27-2)11-21-24-17-7-6-15(12-19(17)29-21)22(25)23-13-16-4-3-9-28-16/h5-8,10,12,16H,3-4,9,11,13H2,1-2H3,(H,23,25). The van der Waals surface area contributed by atoms with Crippen LogP contribution in [0.1, 0.15) is 34.7 Å². The van der Waals surface area contributed by atoms with E-state index in [9.17, 15) is 4.79 Å². The van der Waals surface area contributed by atoms with Gasteiger partial charge in [0.1, 0.15) is 5.52 Å². The fourth-order valence-electron chi connectivity index (χ4n) is 3.47. The predicted molar refractivity (Wildman–Crippen MR) is 108 cm³/mol. The quantitative estimate of drug-likeness (QED) is 0.660. The summed E-state index contributed by atoms with van der Waals surface area (Å²) >= 11 is 0. The molecule has 0 bridgehead atoms. The van der Waals surface area contributed by atoms with E-state index in [1.54, 1.807) is 32.4 Å². The third-order valence-electron chi connectivity index (χ3n) is 5.01. The minimum Gasteiger partial charge on any atom is -0.493 e. The van der Waals surface area contributed by atoms with Crippen LogP contribution in [0.25, 0.3) is 11.1 Å². The zero-order valence-corrected chi connectivity index (χ0v) is 16.6. The molecule has 1 amide bonds. The number of fused-ring (bicyclic) bond motifs is 1. The minimum absolute atomic E-state index is 0.112. The topological polar surface area (TPSA) is 82.8 Å². The molecule has 1 fully saturated rings. The maximum Gasteiger partial charge on any atom is 0.251 e. The second-order valence-electron chi connectivity index (χ2n) is 7.00. The van der Waals surface area contributed by atoms with E-state index < -0.39 is 0 Å². The van der Waals surface area contributed by atoms with Crippen LogP contribution in [0.5, 0.6) is 11.5 Å². The summed E-state index contributed by atoms with van der Waals surface area (Å²) in [5.74, 6) is 1.77. The molecular weight excluding hydrogens is 372 g/mol. The summed E-state index contributed by atoms with van der Waals surface area (Å²) in [5.41, 5.74) is 2.84. The number of hydrogen-bond acceptors (Lipinski definition) is 6. The molecule has 0 saturated carbocycles. The third kappa shape index (κ3) is 4.35. The fourth-order valence-corrected chi connectivity index (χ4v) is 3.47. The zero-order chi connectivity index (χ0) is 20.2. The summed E-state index contributed by atoms with van der Waals surface area (Å²) in [5, 5.41) is 2.92. The SMILES string of the molecule is COc1ccc(Cc2nc3ccc(C(=O)NCC4CCCO4)cc3o2)cc1OC. The predicted octanol–water partition coefficient (Wildman–Crippen LogP) is 3.34. The van der Waals surface area contributed by atoms with Gasteiger partial charge in [-0.1, -0.05) is 6.07 Å². The number of ether oxygens (including phenoxy) is 3. The number of oxazole rings is 1. The van der Waals surface area contributed by atoms with Crippen molar-refractivity contribution in [3.8, 4) is 11.5 Å². The van der Waals surface area contributed by atoms with Crippen molar-refractivity contribution >= 4 is 17.0 Å². The normalized spacial score (nSPS) is 16.1. The molecule has 1 aliphatic rings. The lowest BCUT2D eigenvalue weighted by molar-refractivity contribution is 0.0858. The van der Waals surface area contributed by atoms with Crippen LogP contribution < -0.4 is 14.8 Å². The molecule has 4 rings (SSSR count). The smallest absolute Gasteiger partial charge is 0.251 e. The number of carbonyl (C=O) groups is 1. The zero-order valence-electron chi connectivity index (χ0n) is 16.6. The molecule has 1 aromatic heterocycles. The van der Waals surface area contributed by atoms with Gasteiger partial charge in [-0.3, -0.25) is 4.79 Å². The second-order valence-corrected chi connectivity index (χ2v) is 7.00. The van der Waals surface area contributed by atoms with Crippen LogP contribution in [-0.4, -0.2) is 44.4 Å². The van der Waals surface area contributed by atoms with Crippen molar-refractivity contribution in [3.05, 3.63) is 53.4 Å². The summed E-state index contributed by atoms with van der Waals surface area (Å²) in [7, 11) is 3.21. The van der Waals surface area contributed by atoms with Crippen molar-refractivity contribution in [3.63, 3.8) is 0 Å². The molecule has 0 radical (unpaired) electrons. The Morgan fingerprint density at radius 2 is 2.03 bits per heavy atom. The van der Waals surface area contributed by atoms with Crippen LogP contribution in [0.15, 0.2) is 40.8 Å². The van der Waals surface area contributed by atoms with Crippen molar-refractivity contribution in [2.75, 3.05) is 27.4 Å². The first-order valence-electron chi connectivity index (χ1n) is 9.66. The Bertz CT molecular complexity index is 1010. The summed E-state index contributed by atoms with van der Waals surface area (Å²) < 4.78 is 22.0. The monoisotopic (exact) mass is 396 g/mol. The highest BCUT2D eigenvalue weighted by Crippen LogP contribution is 2.29. The molecule has 0 aliphatic carbocycles. The van der Waals surface area contributed by atoms with Gasteiger partial charge in [0.25, 0.3) is 5.91 Å². The van der Waals surface area contributed by atoms with Gasteiger partial charge in [-0.25, -0.2) is 4.98 Å². The third-order valence-corrected chi connectivity index (χ3v) is 5.01. The number of hydrogen-bond donors (Lipinski definition) is 1. The van der Waals surface area contributed by atoms with Gasteiger partial charge in [0.2, 0.25) is 0 Å². The Kier molecular flexibility index (Phi) is 5.67. The van der Waals surface area contributed by atoms with Crippen molar-refractivity contribution in [1.82, 2.24) is 10.3 Å². The lowest BCUT2D eigenvalue weighted by Gasteiger charge is -2.10. The molecule has 2 aromatic carbocycles. The molecular formula is C22H24N2O5. The van der Waals surface area contributed by atoms with Gasteiger partial charge in [0.15, 0.2) is 23.0 Å². The van der Waals surface area contributed by atoms with Gasteiger partial charge < -0.3 is 23.9 Å². The van der Waals surface area contributed by atoms with Crippen LogP contribution in [0.4, 0.5) is 0 Å². The van der Waals surface area contributed by atoms with Crippen LogP contribution >= 0.6 is 0 Å².